The van der Waals surface area contributed by atoms with E-state index in [9.17, 15) is 14.4 Å². The Labute approximate surface area is 214 Å². The minimum Gasteiger partial charge on any atom is -0.497 e. The van der Waals surface area contributed by atoms with Crippen LogP contribution < -0.4 is 15.4 Å². The van der Waals surface area contributed by atoms with Gasteiger partial charge in [0, 0.05) is 11.7 Å². The number of carbonyl (C=O) groups excluding carboxylic acids is 3. The van der Waals surface area contributed by atoms with Gasteiger partial charge in [0.15, 0.2) is 0 Å². The molecule has 2 aromatic carbocycles. The molecule has 8 nitrogen and oxygen atoms in total. The number of carbonyl (C=O) groups is 3. The fourth-order valence-corrected chi connectivity index (χ4v) is 3.81. The third kappa shape index (κ3) is 7.73. The van der Waals surface area contributed by atoms with Gasteiger partial charge >= 0.3 is 6.09 Å². The van der Waals surface area contributed by atoms with Gasteiger partial charge in [0.05, 0.1) is 7.11 Å². The minimum absolute atomic E-state index is 0.341. The Morgan fingerprint density at radius 2 is 1.56 bits per heavy atom. The summed E-state index contributed by atoms with van der Waals surface area (Å²) in [6, 6.07) is 10.6. The highest BCUT2D eigenvalue weighted by molar-refractivity contribution is 5.99. The van der Waals surface area contributed by atoms with Crippen molar-refractivity contribution >= 4 is 23.6 Å². The Bertz CT molecular complexity index is 1070. The van der Waals surface area contributed by atoms with E-state index in [0.29, 0.717) is 17.0 Å². The van der Waals surface area contributed by atoms with E-state index >= 15 is 0 Å². The van der Waals surface area contributed by atoms with Crippen molar-refractivity contribution in [1.29, 1.82) is 0 Å². The molecule has 2 N–H and O–H groups in total. The molecule has 0 aliphatic rings. The van der Waals surface area contributed by atoms with Crippen LogP contribution in [0.3, 0.4) is 0 Å². The lowest BCUT2D eigenvalue weighted by Gasteiger charge is -2.37. The quantitative estimate of drug-likeness (QED) is 0.526. The predicted molar refractivity (Wildman–Crippen MR) is 141 cm³/mol. The standard InChI is InChI=1S/C28H39N3O5/c1-17(2)31(26(33)20(5)29-27(34)36-28(6,7)8)24(23-16-18(3)10-11-19(23)4)25(32)30-21-12-14-22(35-9)15-13-21/h10-17,20,24H,1-9H3,(H,29,34)(H,30,32). The topological polar surface area (TPSA) is 97.0 Å². The van der Waals surface area contributed by atoms with Gasteiger partial charge in [-0.25, -0.2) is 4.79 Å². The summed E-state index contributed by atoms with van der Waals surface area (Å²) in [5.41, 5.74) is 2.43. The predicted octanol–water partition coefficient (Wildman–Crippen LogP) is 5.14. The Kier molecular flexibility index (Phi) is 9.50. The van der Waals surface area contributed by atoms with Crippen molar-refractivity contribution in [3.8, 4) is 5.75 Å². The second-order valence-corrected chi connectivity index (χ2v) is 10.2. The van der Waals surface area contributed by atoms with Gasteiger partial charge in [0.25, 0.3) is 5.91 Å². The molecule has 2 unspecified atom stereocenters. The Morgan fingerprint density at radius 3 is 2.08 bits per heavy atom. The van der Waals surface area contributed by atoms with Crippen molar-refractivity contribution in [3.63, 3.8) is 0 Å². The molecule has 0 aliphatic carbocycles. The van der Waals surface area contributed by atoms with Gasteiger partial charge in [-0.1, -0.05) is 23.8 Å². The monoisotopic (exact) mass is 497 g/mol. The van der Waals surface area contributed by atoms with E-state index in [4.69, 9.17) is 9.47 Å². The average molecular weight is 498 g/mol. The second-order valence-electron chi connectivity index (χ2n) is 10.2. The summed E-state index contributed by atoms with van der Waals surface area (Å²) in [6.07, 6.45) is -0.696. The second kappa shape index (κ2) is 11.9. The molecule has 0 aliphatic heterocycles. The largest absolute Gasteiger partial charge is 0.497 e. The van der Waals surface area contributed by atoms with Gasteiger partial charge in [-0.3, -0.25) is 9.59 Å². The highest BCUT2D eigenvalue weighted by atomic mass is 16.6. The highest BCUT2D eigenvalue weighted by Gasteiger charge is 2.37. The molecule has 2 rings (SSSR count). The number of aryl methyl sites for hydroxylation is 2. The number of ether oxygens (including phenoxy) is 2. The van der Waals surface area contributed by atoms with Gasteiger partial charge in [-0.2, -0.15) is 0 Å². The molecule has 0 radical (unpaired) electrons. The van der Waals surface area contributed by atoms with Crippen LogP contribution in [-0.2, 0) is 14.3 Å². The van der Waals surface area contributed by atoms with Crippen LogP contribution in [0.25, 0.3) is 0 Å². The number of methoxy groups -OCH3 is 1. The van der Waals surface area contributed by atoms with E-state index in [1.54, 1.807) is 59.1 Å². The summed E-state index contributed by atoms with van der Waals surface area (Å²) < 4.78 is 10.5. The van der Waals surface area contributed by atoms with Gasteiger partial charge in [-0.15, -0.1) is 0 Å². The smallest absolute Gasteiger partial charge is 0.408 e. The summed E-state index contributed by atoms with van der Waals surface area (Å²) in [5.74, 6) is -0.0906. The van der Waals surface area contributed by atoms with E-state index in [1.165, 1.54) is 4.90 Å². The normalized spacial score (nSPS) is 12.9. The molecule has 0 spiro atoms. The number of anilines is 1. The first-order valence-electron chi connectivity index (χ1n) is 12.1. The molecule has 2 aromatic rings. The Hall–Kier alpha value is -3.55. The fourth-order valence-electron chi connectivity index (χ4n) is 3.81. The first-order chi connectivity index (χ1) is 16.7. The van der Waals surface area contributed by atoms with Gasteiger partial charge in [-0.05, 0) is 90.8 Å². The molecule has 0 saturated carbocycles. The summed E-state index contributed by atoms with van der Waals surface area (Å²) in [6.45, 7) is 14.4. The third-order valence-electron chi connectivity index (χ3n) is 5.53. The zero-order chi connectivity index (χ0) is 27.2. The number of hydrogen-bond acceptors (Lipinski definition) is 5. The highest BCUT2D eigenvalue weighted by Crippen LogP contribution is 2.30. The van der Waals surface area contributed by atoms with Gasteiger partial charge in [0.1, 0.15) is 23.4 Å². The molecular formula is C28H39N3O5. The lowest BCUT2D eigenvalue weighted by molar-refractivity contribution is -0.142. The van der Waals surface area contributed by atoms with Crippen LogP contribution in [0.4, 0.5) is 10.5 Å². The zero-order valence-electron chi connectivity index (χ0n) is 22.8. The average Bonchev–Trinajstić information content (AvgIpc) is 2.77. The molecule has 2 atom stereocenters. The van der Waals surface area contributed by atoms with Crippen molar-refractivity contribution < 1.29 is 23.9 Å². The third-order valence-corrected chi connectivity index (χ3v) is 5.53. The molecule has 3 amide bonds. The van der Waals surface area contributed by atoms with Crippen LogP contribution in [0.2, 0.25) is 0 Å². The number of benzene rings is 2. The fraction of sp³-hybridized carbons (Fsp3) is 0.464. The van der Waals surface area contributed by atoms with Crippen LogP contribution in [0.1, 0.15) is 64.3 Å². The van der Waals surface area contributed by atoms with E-state index < -0.39 is 29.7 Å². The molecule has 0 heterocycles. The minimum atomic E-state index is -0.928. The molecule has 0 saturated heterocycles. The SMILES string of the molecule is COc1ccc(NC(=O)C(c2cc(C)ccc2C)N(C(=O)C(C)NC(=O)OC(C)(C)C)C(C)C)cc1. The van der Waals surface area contributed by atoms with Crippen LogP contribution in [0.5, 0.6) is 5.75 Å². The number of rotatable bonds is 8. The van der Waals surface area contributed by atoms with Crippen LogP contribution >= 0.6 is 0 Å². The summed E-state index contributed by atoms with van der Waals surface area (Å²) in [4.78, 5) is 41.3. The Morgan fingerprint density at radius 1 is 0.944 bits per heavy atom. The van der Waals surface area contributed by atoms with Crippen molar-refractivity contribution in [2.75, 3.05) is 12.4 Å². The van der Waals surface area contributed by atoms with Crippen LogP contribution in [0.15, 0.2) is 42.5 Å². The zero-order valence-corrected chi connectivity index (χ0v) is 22.8. The molecule has 0 bridgehead atoms. The number of amides is 3. The maximum atomic E-state index is 13.8. The van der Waals surface area contributed by atoms with Crippen LogP contribution in [0, 0.1) is 13.8 Å². The molecule has 8 heteroatoms. The van der Waals surface area contributed by atoms with E-state index in [0.717, 1.165) is 11.1 Å². The first-order valence-corrected chi connectivity index (χ1v) is 12.1. The van der Waals surface area contributed by atoms with Crippen molar-refractivity contribution in [2.45, 2.75) is 79.1 Å². The van der Waals surface area contributed by atoms with Gasteiger partial charge in [0.2, 0.25) is 5.91 Å². The van der Waals surface area contributed by atoms with E-state index in [1.807, 2.05) is 45.9 Å². The molecule has 196 valence electrons. The van der Waals surface area contributed by atoms with E-state index in [2.05, 4.69) is 10.6 Å². The number of nitrogens with one attached hydrogen (secondary N) is 2. The lowest BCUT2D eigenvalue weighted by atomic mass is 9.95. The first kappa shape index (κ1) is 28.7. The summed E-state index contributed by atoms with van der Waals surface area (Å²) in [5, 5.41) is 5.55. The van der Waals surface area contributed by atoms with E-state index in [-0.39, 0.29) is 11.9 Å². The molecule has 0 fully saturated rings. The lowest BCUT2D eigenvalue weighted by Crippen LogP contribution is -2.53. The number of nitrogens with zero attached hydrogens (tertiary/aromatic N) is 1. The molecule has 0 aromatic heterocycles. The number of hydrogen-bond donors (Lipinski definition) is 2. The van der Waals surface area contributed by atoms with Crippen molar-refractivity contribution in [2.24, 2.45) is 0 Å². The van der Waals surface area contributed by atoms with Gasteiger partial charge < -0.3 is 25.0 Å². The maximum Gasteiger partial charge on any atom is 0.408 e. The van der Waals surface area contributed by atoms with Crippen molar-refractivity contribution in [1.82, 2.24) is 10.2 Å². The number of alkyl carbamates (subject to hydrolysis) is 1. The maximum absolute atomic E-state index is 13.8. The summed E-state index contributed by atoms with van der Waals surface area (Å²) >= 11 is 0. The summed E-state index contributed by atoms with van der Waals surface area (Å²) in [7, 11) is 1.57. The van der Waals surface area contributed by atoms with Crippen molar-refractivity contribution in [3.05, 3.63) is 59.2 Å². The molecule has 36 heavy (non-hydrogen) atoms. The molecular weight excluding hydrogens is 458 g/mol. The van der Waals surface area contributed by atoms with Crippen LogP contribution in [-0.4, -0.2) is 47.6 Å². The Balaban J connectivity index is 2.46.